The average Bonchev–Trinajstić information content (AvgIpc) is 3.15. The lowest BCUT2D eigenvalue weighted by Gasteiger charge is -2.05. The summed E-state index contributed by atoms with van der Waals surface area (Å²) in [6.07, 6.45) is 0. The summed E-state index contributed by atoms with van der Waals surface area (Å²) in [7, 11) is 0. The van der Waals surface area contributed by atoms with Crippen molar-refractivity contribution in [3.05, 3.63) is 66.1 Å². The van der Waals surface area contributed by atoms with Crippen molar-refractivity contribution in [2.45, 2.75) is 6.61 Å². The lowest BCUT2D eigenvalue weighted by atomic mass is 10.2. The molecule has 0 amide bonds. The third-order valence-electron chi connectivity index (χ3n) is 3.18. The maximum Gasteiger partial charge on any atom is 0.344 e. The van der Waals surface area contributed by atoms with Gasteiger partial charge in [0, 0.05) is 5.56 Å². The Balaban J connectivity index is 1.47. The van der Waals surface area contributed by atoms with Crippen molar-refractivity contribution in [1.29, 1.82) is 5.26 Å². The van der Waals surface area contributed by atoms with Crippen molar-refractivity contribution in [2.24, 2.45) is 0 Å². The Morgan fingerprint density at radius 3 is 2.56 bits per heavy atom. The Morgan fingerprint density at radius 1 is 1.08 bits per heavy atom. The summed E-state index contributed by atoms with van der Waals surface area (Å²) in [5, 5.41) is 16.5. The van der Waals surface area contributed by atoms with Gasteiger partial charge in [-0.25, -0.2) is 4.79 Å². The number of hydrogen-bond donors (Lipinski definition) is 0. The Bertz CT molecular complexity index is 883. The standard InChI is InChI=1S/C18H13N3O4/c19-10-13-6-8-15(9-7-13)23-12-17(22)24-11-16-20-21-18(25-16)14-4-2-1-3-5-14/h1-9H,11-12H2. The highest BCUT2D eigenvalue weighted by Crippen LogP contribution is 2.17. The van der Waals surface area contributed by atoms with Gasteiger partial charge < -0.3 is 13.9 Å². The van der Waals surface area contributed by atoms with Crippen LogP contribution in [0.15, 0.2) is 59.0 Å². The predicted molar refractivity (Wildman–Crippen MR) is 86.2 cm³/mol. The van der Waals surface area contributed by atoms with E-state index in [1.54, 1.807) is 24.3 Å². The Morgan fingerprint density at radius 2 is 1.84 bits per heavy atom. The van der Waals surface area contributed by atoms with Gasteiger partial charge in [0.2, 0.25) is 5.89 Å². The van der Waals surface area contributed by atoms with Crippen LogP contribution in [-0.2, 0) is 16.1 Å². The van der Waals surface area contributed by atoms with E-state index in [0.29, 0.717) is 17.2 Å². The van der Waals surface area contributed by atoms with Gasteiger partial charge in [0.05, 0.1) is 11.6 Å². The molecule has 0 radical (unpaired) electrons. The summed E-state index contributed by atoms with van der Waals surface area (Å²) in [6, 6.07) is 17.7. The Hall–Kier alpha value is -3.66. The van der Waals surface area contributed by atoms with Crippen molar-refractivity contribution in [1.82, 2.24) is 10.2 Å². The minimum Gasteiger partial charge on any atom is -0.482 e. The first-order valence-electron chi connectivity index (χ1n) is 7.41. The van der Waals surface area contributed by atoms with Crippen molar-refractivity contribution in [2.75, 3.05) is 6.61 Å². The molecule has 0 N–H and O–H groups in total. The molecule has 2 aromatic carbocycles. The van der Waals surface area contributed by atoms with Gasteiger partial charge in [-0.2, -0.15) is 5.26 Å². The zero-order valence-electron chi connectivity index (χ0n) is 13.1. The number of carbonyl (C=O) groups is 1. The molecule has 3 aromatic rings. The number of ether oxygens (including phenoxy) is 2. The van der Waals surface area contributed by atoms with E-state index in [-0.39, 0.29) is 19.1 Å². The van der Waals surface area contributed by atoms with E-state index in [1.165, 1.54) is 0 Å². The molecule has 0 saturated carbocycles. The van der Waals surface area contributed by atoms with Gasteiger partial charge in [-0.1, -0.05) is 18.2 Å². The summed E-state index contributed by atoms with van der Waals surface area (Å²) in [4.78, 5) is 11.7. The molecule has 0 atom stereocenters. The van der Waals surface area contributed by atoms with Gasteiger partial charge >= 0.3 is 5.97 Å². The first-order chi connectivity index (χ1) is 12.2. The second-order valence-corrected chi connectivity index (χ2v) is 4.95. The van der Waals surface area contributed by atoms with Crippen molar-refractivity contribution >= 4 is 5.97 Å². The first kappa shape index (κ1) is 16.2. The minimum absolute atomic E-state index is 0.130. The molecule has 124 valence electrons. The summed E-state index contributed by atoms with van der Waals surface area (Å²) in [5.41, 5.74) is 1.30. The molecule has 7 heteroatoms. The SMILES string of the molecule is N#Cc1ccc(OCC(=O)OCc2nnc(-c3ccccc3)o2)cc1. The van der Waals surface area contributed by atoms with Crippen molar-refractivity contribution in [3.63, 3.8) is 0 Å². The van der Waals surface area contributed by atoms with Crippen LogP contribution in [0.2, 0.25) is 0 Å². The molecule has 7 nitrogen and oxygen atoms in total. The van der Waals surface area contributed by atoms with Crippen molar-refractivity contribution in [3.8, 4) is 23.3 Å². The van der Waals surface area contributed by atoms with Gasteiger partial charge in [0.25, 0.3) is 5.89 Å². The predicted octanol–water partition coefficient (Wildman–Crippen LogP) is 2.73. The van der Waals surface area contributed by atoms with Crippen LogP contribution in [0.1, 0.15) is 11.5 Å². The molecule has 1 aromatic heterocycles. The van der Waals surface area contributed by atoms with Gasteiger partial charge in [0.1, 0.15) is 5.75 Å². The molecule has 0 aliphatic carbocycles. The van der Waals surface area contributed by atoms with E-state index < -0.39 is 5.97 Å². The molecule has 0 aliphatic heterocycles. The summed E-state index contributed by atoms with van der Waals surface area (Å²) >= 11 is 0. The van der Waals surface area contributed by atoms with Crippen LogP contribution in [0.4, 0.5) is 0 Å². The molecular weight excluding hydrogens is 322 g/mol. The van der Waals surface area contributed by atoms with E-state index in [2.05, 4.69) is 10.2 Å². The molecule has 1 heterocycles. The number of nitriles is 1. The van der Waals surface area contributed by atoms with Gasteiger partial charge in [0.15, 0.2) is 13.2 Å². The number of rotatable bonds is 6. The molecule has 0 bridgehead atoms. The van der Waals surface area contributed by atoms with E-state index in [1.807, 2.05) is 36.4 Å². The van der Waals surface area contributed by atoms with Crippen molar-refractivity contribution < 1.29 is 18.7 Å². The van der Waals surface area contributed by atoms with E-state index in [9.17, 15) is 4.79 Å². The van der Waals surface area contributed by atoms with Crippen LogP contribution in [0.5, 0.6) is 5.75 Å². The molecule has 0 aliphatic rings. The zero-order chi connectivity index (χ0) is 17.5. The highest BCUT2D eigenvalue weighted by atomic mass is 16.6. The Labute approximate surface area is 143 Å². The van der Waals surface area contributed by atoms with Crippen LogP contribution < -0.4 is 4.74 Å². The summed E-state index contributed by atoms with van der Waals surface area (Å²) in [5.74, 6) is 0.468. The van der Waals surface area contributed by atoms with Crippen LogP contribution in [0.3, 0.4) is 0 Å². The quantitative estimate of drug-likeness (QED) is 0.639. The number of carbonyl (C=O) groups excluding carboxylic acids is 1. The highest BCUT2D eigenvalue weighted by Gasteiger charge is 2.11. The number of esters is 1. The number of aromatic nitrogens is 2. The maximum atomic E-state index is 11.7. The topological polar surface area (TPSA) is 98.2 Å². The molecule has 0 fully saturated rings. The molecule has 3 rings (SSSR count). The largest absolute Gasteiger partial charge is 0.482 e. The monoisotopic (exact) mass is 335 g/mol. The fraction of sp³-hybridized carbons (Fsp3) is 0.111. The normalized spacial score (nSPS) is 10.0. The minimum atomic E-state index is -0.566. The third kappa shape index (κ3) is 4.42. The fourth-order valence-electron chi connectivity index (χ4n) is 1.96. The van der Waals surface area contributed by atoms with Gasteiger partial charge in [-0.05, 0) is 36.4 Å². The average molecular weight is 335 g/mol. The number of benzene rings is 2. The van der Waals surface area contributed by atoms with Gasteiger partial charge in [-0.15, -0.1) is 10.2 Å². The summed E-state index contributed by atoms with van der Waals surface area (Å²) < 4.78 is 15.7. The molecular formula is C18H13N3O4. The van der Waals surface area contributed by atoms with Crippen LogP contribution >= 0.6 is 0 Å². The first-order valence-corrected chi connectivity index (χ1v) is 7.41. The van der Waals surface area contributed by atoms with E-state index >= 15 is 0 Å². The Kier molecular flexibility index (Phi) is 5.02. The zero-order valence-corrected chi connectivity index (χ0v) is 13.1. The second kappa shape index (κ2) is 7.75. The lowest BCUT2D eigenvalue weighted by molar-refractivity contribution is -0.148. The lowest BCUT2D eigenvalue weighted by Crippen LogP contribution is -2.14. The highest BCUT2D eigenvalue weighted by molar-refractivity contribution is 5.71. The fourth-order valence-corrected chi connectivity index (χ4v) is 1.96. The summed E-state index contributed by atoms with van der Waals surface area (Å²) in [6.45, 7) is -0.388. The molecule has 0 saturated heterocycles. The van der Waals surface area contributed by atoms with Gasteiger partial charge in [-0.3, -0.25) is 0 Å². The number of hydrogen-bond acceptors (Lipinski definition) is 7. The maximum absolute atomic E-state index is 11.7. The third-order valence-corrected chi connectivity index (χ3v) is 3.18. The van der Waals surface area contributed by atoms with Crippen LogP contribution in [-0.4, -0.2) is 22.8 Å². The van der Waals surface area contributed by atoms with Crippen LogP contribution in [0.25, 0.3) is 11.5 Å². The second-order valence-electron chi connectivity index (χ2n) is 4.95. The van der Waals surface area contributed by atoms with Crippen LogP contribution in [0, 0.1) is 11.3 Å². The molecule has 25 heavy (non-hydrogen) atoms. The molecule has 0 unspecified atom stereocenters. The molecule has 0 spiro atoms. The van der Waals surface area contributed by atoms with E-state index in [4.69, 9.17) is 19.2 Å². The van der Waals surface area contributed by atoms with E-state index in [0.717, 1.165) is 5.56 Å². The smallest absolute Gasteiger partial charge is 0.344 e. The number of nitrogens with zero attached hydrogens (tertiary/aromatic N) is 3.